The molecular weight excluding hydrogens is 322 g/mol. The van der Waals surface area contributed by atoms with E-state index in [1.54, 1.807) is 23.1 Å². The second kappa shape index (κ2) is 7.49. The molecule has 0 bridgehead atoms. The van der Waals surface area contributed by atoms with Gasteiger partial charge in [0.2, 0.25) is 0 Å². The number of thioether (sulfide) groups is 1. The van der Waals surface area contributed by atoms with E-state index < -0.39 is 0 Å². The number of aryl methyl sites for hydroxylation is 1. The number of thiophene rings is 1. The van der Waals surface area contributed by atoms with E-state index in [4.69, 9.17) is 0 Å². The van der Waals surface area contributed by atoms with Crippen LogP contribution in [0, 0.1) is 6.92 Å². The maximum Gasteiger partial charge on any atom is 0.256 e. The quantitative estimate of drug-likeness (QED) is 0.613. The molecule has 0 fully saturated rings. The van der Waals surface area contributed by atoms with Crippen molar-refractivity contribution in [3.63, 3.8) is 0 Å². The Morgan fingerprint density at radius 1 is 1.04 bits per heavy atom. The first-order chi connectivity index (χ1) is 11.2. The van der Waals surface area contributed by atoms with Crippen molar-refractivity contribution in [3.8, 4) is 0 Å². The van der Waals surface area contributed by atoms with Crippen molar-refractivity contribution < 1.29 is 4.79 Å². The van der Waals surface area contributed by atoms with Crippen LogP contribution >= 0.6 is 23.1 Å². The van der Waals surface area contributed by atoms with Crippen LogP contribution in [0.15, 0.2) is 70.9 Å². The summed E-state index contributed by atoms with van der Waals surface area (Å²) in [5.74, 6) is 0.820. The molecule has 2 nitrogen and oxygen atoms in total. The van der Waals surface area contributed by atoms with E-state index in [0.29, 0.717) is 0 Å². The zero-order valence-corrected chi connectivity index (χ0v) is 14.4. The zero-order chi connectivity index (χ0) is 16.1. The molecule has 0 aliphatic heterocycles. The molecule has 23 heavy (non-hydrogen) atoms. The molecule has 2 aromatic carbocycles. The number of benzene rings is 2. The summed E-state index contributed by atoms with van der Waals surface area (Å²) in [7, 11) is 0. The SMILES string of the molecule is Cc1ccccc1NC(=O)c1ccccc1SCc1cccs1. The van der Waals surface area contributed by atoms with Crippen molar-refractivity contribution in [2.75, 3.05) is 5.32 Å². The largest absolute Gasteiger partial charge is 0.322 e. The lowest BCUT2D eigenvalue weighted by atomic mass is 10.1. The number of hydrogen-bond donors (Lipinski definition) is 1. The van der Waals surface area contributed by atoms with Gasteiger partial charge in [0.15, 0.2) is 0 Å². The van der Waals surface area contributed by atoms with E-state index in [0.717, 1.165) is 27.5 Å². The van der Waals surface area contributed by atoms with Gasteiger partial charge in [0, 0.05) is 21.2 Å². The van der Waals surface area contributed by atoms with E-state index in [2.05, 4.69) is 22.8 Å². The second-order valence-electron chi connectivity index (χ2n) is 5.13. The molecule has 1 amide bonds. The maximum absolute atomic E-state index is 12.6. The van der Waals surface area contributed by atoms with Crippen molar-refractivity contribution in [2.24, 2.45) is 0 Å². The number of nitrogens with one attached hydrogen (secondary N) is 1. The number of rotatable bonds is 5. The highest BCUT2D eigenvalue weighted by molar-refractivity contribution is 7.98. The fourth-order valence-electron chi connectivity index (χ4n) is 2.23. The van der Waals surface area contributed by atoms with Crippen LogP contribution in [0.25, 0.3) is 0 Å². The highest BCUT2D eigenvalue weighted by Gasteiger charge is 2.12. The molecule has 0 saturated carbocycles. The summed E-state index contributed by atoms with van der Waals surface area (Å²) >= 11 is 3.44. The van der Waals surface area contributed by atoms with Crippen LogP contribution < -0.4 is 5.32 Å². The normalized spacial score (nSPS) is 10.5. The summed E-state index contributed by atoms with van der Waals surface area (Å²) in [6, 6.07) is 19.8. The molecule has 0 saturated heterocycles. The molecule has 0 radical (unpaired) electrons. The highest BCUT2D eigenvalue weighted by atomic mass is 32.2. The van der Waals surface area contributed by atoms with Crippen molar-refractivity contribution in [1.82, 2.24) is 0 Å². The third kappa shape index (κ3) is 4.03. The van der Waals surface area contributed by atoms with E-state index >= 15 is 0 Å². The molecule has 0 spiro atoms. The Bertz CT molecular complexity index is 797. The van der Waals surface area contributed by atoms with Crippen LogP contribution in [0.1, 0.15) is 20.8 Å². The molecule has 0 aliphatic rings. The predicted octanol–water partition coefficient (Wildman–Crippen LogP) is 5.60. The van der Waals surface area contributed by atoms with Crippen LogP contribution in [-0.4, -0.2) is 5.91 Å². The number of para-hydroxylation sites is 1. The topological polar surface area (TPSA) is 29.1 Å². The molecule has 1 aromatic heterocycles. The van der Waals surface area contributed by atoms with Crippen molar-refractivity contribution in [2.45, 2.75) is 17.6 Å². The van der Waals surface area contributed by atoms with Gasteiger partial charge in [-0.15, -0.1) is 23.1 Å². The first kappa shape index (κ1) is 15.8. The van der Waals surface area contributed by atoms with Crippen LogP contribution in [0.4, 0.5) is 5.69 Å². The molecular formula is C19H17NOS2. The average molecular weight is 339 g/mol. The smallest absolute Gasteiger partial charge is 0.256 e. The fraction of sp³-hybridized carbons (Fsp3) is 0.105. The monoisotopic (exact) mass is 339 g/mol. The van der Waals surface area contributed by atoms with Gasteiger partial charge in [-0.05, 0) is 42.1 Å². The van der Waals surface area contributed by atoms with Gasteiger partial charge in [-0.25, -0.2) is 0 Å². The molecule has 1 heterocycles. The highest BCUT2D eigenvalue weighted by Crippen LogP contribution is 2.28. The molecule has 4 heteroatoms. The summed E-state index contributed by atoms with van der Waals surface area (Å²) < 4.78 is 0. The molecule has 3 rings (SSSR count). The lowest BCUT2D eigenvalue weighted by molar-refractivity contribution is 0.102. The Balaban J connectivity index is 1.76. The summed E-state index contributed by atoms with van der Waals surface area (Å²) in [6.45, 7) is 1.99. The Labute approximate surface area is 144 Å². The van der Waals surface area contributed by atoms with Crippen molar-refractivity contribution in [3.05, 3.63) is 82.0 Å². The lowest BCUT2D eigenvalue weighted by Crippen LogP contribution is -2.13. The zero-order valence-electron chi connectivity index (χ0n) is 12.8. The summed E-state index contributed by atoms with van der Waals surface area (Å²) in [5.41, 5.74) is 2.64. The van der Waals surface area contributed by atoms with Gasteiger partial charge in [0.05, 0.1) is 5.56 Å². The van der Waals surface area contributed by atoms with Crippen LogP contribution in [0.2, 0.25) is 0 Å². The average Bonchev–Trinajstić information content (AvgIpc) is 3.09. The minimum Gasteiger partial charge on any atom is -0.322 e. The number of carbonyl (C=O) groups excluding carboxylic acids is 1. The Kier molecular flexibility index (Phi) is 5.16. The summed E-state index contributed by atoms with van der Waals surface area (Å²) in [4.78, 5) is 14.9. The van der Waals surface area contributed by atoms with Gasteiger partial charge in [-0.3, -0.25) is 4.79 Å². The van der Waals surface area contributed by atoms with Crippen LogP contribution in [0.5, 0.6) is 0 Å². The molecule has 0 unspecified atom stereocenters. The van der Waals surface area contributed by atoms with Gasteiger partial charge < -0.3 is 5.32 Å². The molecule has 1 N–H and O–H groups in total. The second-order valence-corrected chi connectivity index (χ2v) is 7.18. The predicted molar refractivity (Wildman–Crippen MR) is 99.5 cm³/mol. The number of anilines is 1. The van der Waals surface area contributed by atoms with Gasteiger partial charge in [0.1, 0.15) is 0 Å². The van der Waals surface area contributed by atoms with Gasteiger partial charge in [-0.1, -0.05) is 36.4 Å². The summed E-state index contributed by atoms with van der Waals surface area (Å²) in [6.07, 6.45) is 0. The van der Waals surface area contributed by atoms with E-state index in [1.807, 2.05) is 55.5 Å². The first-order valence-electron chi connectivity index (χ1n) is 7.35. The number of hydrogen-bond acceptors (Lipinski definition) is 3. The summed E-state index contributed by atoms with van der Waals surface area (Å²) in [5, 5.41) is 5.09. The van der Waals surface area contributed by atoms with Gasteiger partial charge in [-0.2, -0.15) is 0 Å². The molecule has 0 atom stereocenters. The minimum absolute atomic E-state index is 0.0615. The van der Waals surface area contributed by atoms with Crippen LogP contribution in [0.3, 0.4) is 0 Å². The standard InChI is InChI=1S/C19H17NOS2/c1-14-7-2-4-10-17(14)20-19(21)16-9-3-5-11-18(16)23-13-15-8-6-12-22-15/h2-12H,13H2,1H3,(H,20,21). The van der Waals surface area contributed by atoms with Gasteiger partial charge in [0.25, 0.3) is 5.91 Å². The van der Waals surface area contributed by atoms with Crippen molar-refractivity contribution in [1.29, 1.82) is 0 Å². The van der Waals surface area contributed by atoms with E-state index in [9.17, 15) is 4.79 Å². The third-order valence-corrected chi connectivity index (χ3v) is 5.66. The third-order valence-electron chi connectivity index (χ3n) is 3.47. The minimum atomic E-state index is -0.0615. The Morgan fingerprint density at radius 2 is 1.83 bits per heavy atom. The molecule has 0 aliphatic carbocycles. The van der Waals surface area contributed by atoms with Crippen molar-refractivity contribution >= 4 is 34.7 Å². The number of amides is 1. The maximum atomic E-state index is 12.6. The van der Waals surface area contributed by atoms with Gasteiger partial charge >= 0.3 is 0 Å². The lowest BCUT2D eigenvalue weighted by Gasteiger charge is -2.11. The Hall–Kier alpha value is -2.04. The molecule has 116 valence electrons. The Morgan fingerprint density at radius 3 is 2.61 bits per heavy atom. The number of carbonyl (C=O) groups is 1. The molecule has 3 aromatic rings. The van der Waals surface area contributed by atoms with E-state index in [1.165, 1.54) is 4.88 Å². The van der Waals surface area contributed by atoms with E-state index in [-0.39, 0.29) is 5.91 Å². The first-order valence-corrected chi connectivity index (χ1v) is 9.22. The fourth-order valence-corrected chi connectivity index (χ4v) is 4.05. The van der Waals surface area contributed by atoms with Crippen LogP contribution in [-0.2, 0) is 5.75 Å².